The molecule has 1 amide bonds. The van der Waals surface area contributed by atoms with E-state index in [1.807, 2.05) is 0 Å². The summed E-state index contributed by atoms with van der Waals surface area (Å²) in [5.41, 5.74) is 2.26. The smallest absolute Gasteiger partial charge is 0.351 e. The van der Waals surface area contributed by atoms with Crippen molar-refractivity contribution in [2.45, 2.75) is 44.8 Å². The lowest BCUT2D eigenvalue weighted by Crippen LogP contribution is -2.50. The van der Waals surface area contributed by atoms with Crippen molar-refractivity contribution in [3.8, 4) is 0 Å². The number of hydrogen-bond donors (Lipinski definition) is 1. The van der Waals surface area contributed by atoms with Crippen LogP contribution in [0.3, 0.4) is 0 Å². The largest absolute Gasteiger partial charge is 0.463 e. The number of carbonyl (C=O) groups is 1. The van der Waals surface area contributed by atoms with Crippen LogP contribution in [0.15, 0.2) is 23.0 Å². The van der Waals surface area contributed by atoms with E-state index in [4.69, 9.17) is 0 Å². The van der Waals surface area contributed by atoms with Gasteiger partial charge in [0, 0.05) is 13.1 Å². The summed E-state index contributed by atoms with van der Waals surface area (Å²) >= 11 is 0. The van der Waals surface area contributed by atoms with Crippen LogP contribution in [-0.2, 0) is 11.3 Å². The van der Waals surface area contributed by atoms with Crippen LogP contribution < -0.4 is 10.9 Å². The fourth-order valence-corrected chi connectivity index (χ4v) is 3.11. The van der Waals surface area contributed by atoms with Gasteiger partial charge in [0.15, 0.2) is 0 Å². The summed E-state index contributed by atoms with van der Waals surface area (Å²) in [7, 11) is 0. The van der Waals surface area contributed by atoms with Crippen LogP contribution in [0.25, 0.3) is 16.8 Å². The van der Waals surface area contributed by atoms with Gasteiger partial charge < -0.3 is 5.32 Å². The normalized spacial score (nSPS) is 12.9. The second-order valence-electron chi connectivity index (χ2n) is 6.47. The van der Waals surface area contributed by atoms with Crippen molar-refractivity contribution < 1.29 is 26.7 Å². The molecule has 0 spiro atoms. The van der Waals surface area contributed by atoms with E-state index in [1.165, 1.54) is 0 Å². The van der Waals surface area contributed by atoms with Crippen molar-refractivity contribution >= 4 is 22.7 Å². The highest BCUT2D eigenvalue weighted by atomic mass is 19.4. The van der Waals surface area contributed by atoms with Crippen molar-refractivity contribution in [2.24, 2.45) is 0 Å². The lowest BCUT2D eigenvalue weighted by atomic mass is 10.2. The Morgan fingerprint density at radius 1 is 1.14 bits per heavy atom. The summed E-state index contributed by atoms with van der Waals surface area (Å²) in [5, 5.41) is 1.60. The maximum atomic E-state index is 12.8. The minimum absolute atomic E-state index is 0.190. The third-order valence-electron chi connectivity index (χ3n) is 4.51. The van der Waals surface area contributed by atoms with E-state index in [9.17, 15) is 31.5 Å². The molecule has 0 aliphatic carbocycles. The zero-order chi connectivity index (χ0) is 20.7. The number of amides is 1. The molecular formula is C17H17F5N4O2. The lowest BCUT2D eigenvalue weighted by Gasteiger charge is -2.18. The zero-order valence-corrected chi connectivity index (χ0v) is 14.8. The SMILES string of the molecule is Cc1nc2cccc3n(CCCCCNC(=O)C(F)(F)C(F)(F)F)c(=O)c1n23. The quantitative estimate of drug-likeness (QED) is 0.486. The van der Waals surface area contributed by atoms with E-state index < -0.39 is 18.0 Å². The summed E-state index contributed by atoms with van der Waals surface area (Å²) in [5.74, 6) is -7.77. The van der Waals surface area contributed by atoms with E-state index in [-0.39, 0.29) is 18.5 Å². The van der Waals surface area contributed by atoms with E-state index in [1.54, 1.807) is 39.4 Å². The van der Waals surface area contributed by atoms with E-state index in [0.29, 0.717) is 41.9 Å². The maximum Gasteiger partial charge on any atom is 0.463 e. The zero-order valence-electron chi connectivity index (χ0n) is 14.8. The molecule has 152 valence electrons. The number of imidazole rings is 2. The minimum atomic E-state index is -5.92. The van der Waals surface area contributed by atoms with Gasteiger partial charge in [-0.1, -0.05) is 6.07 Å². The molecule has 3 rings (SSSR count). The number of unbranched alkanes of at least 4 members (excludes halogenated alkanes) is 2. The molecule has 0 unspecified atom stereocenters. The molecule has 0 saturated heterocycles. The van der Waals surface area contributed by atoms with Gasteiger partial charge >= 0.3 is 12.1 Å². The fourth-order valence-electron chi connectivity index (χ4n) is 3.11. The van der Waals surface area contributed by atoms with E-state index >= 15 is 0 Å². The Labute approximate surface area is 155 Å². The maximum absolute atomic E-state index is 12.8. The highest BCUT2D eigenvalue weighted by Gasteiger charge is 2.63. The van der Waals surface area contributed by atoms with Gasteiger partial charge in [-0.2, -0.15) is 22.0 Å². The molecule has 11 heteroatoms. The molecule has 0 aliphatic heterocycles. The first-order valence-electron chi connectivity index (χ1n) is 8.58. The highest BCUT2D eigenvalue weighted by Crippen LogP contribution is 2.35. The second-order valence-corrected chi connectivity index (χ2v) is 6.47. The summed E-state index contributed by atoms with van der Waals surface area (Å²) in [6.07, 6.45) is -4.79. The molecular weight excluding hydrogens is 387 g/mol. The van der Waals surface area contributed by atoms with Crippen molar-refractivity contribution in [1.82, 2.24) is 19.3 Å². The summed E-state index contributed by atoms with van der Waals surface area (Å²) in [6, 6.07) is 5.35. The van der Waals surface area contributed by atoms with Crippen LogP contribution in [-0.4, -0.2) is 38.5 Å². The Morgan fingerprint density at radius 3 is 2.54 bits per heavy atom. The van der Waals surface area contributed by atoms with Crippen molar-refractivity contribution in [3.63, 3.8) is 0 Å². The third-order valence-corrected chi connectivity index (χ3v) is 4.51. The number of carbonyl (C=O) groups excluding carboxylic acids is 1. The van der Waals surface area contributed by atoms with Gasteiger partial charge in [-0.3, -0.25) is 18.6 Å². The topological polar surface area (TPSA) is 68.4 Å². The van der Waals surface area contributed by atoms with Gasteiger partial charge in [-0.05, 0) is 38.3 Å². The summed E-state index contributed by atoms with van der Waals surface area (Å²) in [4.78, 5) is 27.9. The molecule has 3 aromatic heterocycles. The van der Waals surface area contributed by atoms with Crippen molar-refractivity contribution in [3.05, 3.63) is 34.2 Å². The molecule has 0 aromatic carbocycles. The first kappa shape index (κ1) is 20.0. The van der Waals surface area contributed by atoms with Gasteiger partial charge in [0.2, 0.25) is 0 Å². The minimum Gasteiger partial charge on any atom is -0.351 e. The predicted molar refractivity (Wildman–Crippen MR) is 90.7 cm³/mol. The van der Waals surface area contributed by atoms with E-state index in [2.05, 4.69) is 4.98 Å². The Morgan fingerprint density at radius 2 is 1.86 bits per heavy atom. The number of alkyl halides is 5. The Kier molecular flexibility index (Phi) is 5.02. The first-order valence-corrected chi connectivity index (χ1v) is 8.58. The number of nitrogens with zero attached hydrogens (tertiary/aromatic N) is 3. The number of rotatable bonds is 7. The van der Waals surface area contributed by atoms with Crippen molar-refractivity contribution in [1.29, 1.82) is 0 Å². The van der Waals surface area contributed by atoms with Gasteiger partial charge in [0.25, 0.3) is 11.5 Å². The molecule has 0 bridgehead atoms. The molecule has 28 heavy (non-hydrogen) atoms. The number of aromatic nitrogens is 3. The van der Waals surface area contributed by atoms with Crippen LogP contribution >= 0.6 is 0 Å². The van der Waals surface area contributed by atoms with Crippen molar-refractivity contribution in [2.75, 3.05) is 6.54 Å². The van der Waals surface area contributed by atoms with Gasteiger partial charge in [0.1, 0.15) is 16.8 Å². The Hall–Kier alpha value is -2.72. The lowest BCUT2D eigenvalue weighted by molar-refractivity contribution is -0.269. The molecule has 3 aromatic rings. The number of hydrogen-bond acceptors (Lipinski definition) is 3. The van der Waals surface area contributed by atoms with Gasteiger partial charge in [-0.25, -0.2) is 4.98 Å². The highest BCUT2D eigenvalue weighted by molar-refractivity contribution is 5.84. The van der Waals surface area contributed by atoms with E-state index in [0.717, 1.165) is 0 Å². The van der Waals surface area contributed by atoms with Gasteiger partial charge in [-0.15, -0.1) is 0 Å². The molecule has 0 saturated carbocycles. The van der Waals surface area contributed by atoms with Gasteiger partial charge in [0.05, 0.1) is 5.69 Å². The summed E-state index contributed by atoms with van der Waals surface area (Å²) < 4.78 is 65.2. The number of halogens is 5. The molecule has 0 fully saturated rings. The monoisotopic (exact) mass is 404 g/mol. The fraction of sp³-hybridized carbons (Fsp3) is 0.471. The van der Waals surface area contributed by atoms with Crippen LogP contribution in [0.4, 0.5) is 22.0 Å². The Balaban J connectivity index is 1.54. The van der Waals surface area contributed by atoms with Crippen LogP contribution in [0.1, 0.15) is 25.0 Å². The van der Waals surface area contributed by atoms with Crippen LogP contribution in [0.2, 0.25) is 0 Å². The molecule has 0 radical (unpaired) electrons. The molecule has 3 heterocycles. The number of nitrogens with one attached hydrogen (secondary N) is 1. The second kappa shape index (κ2) is 7.02. The first-order chi connectivity index (χ1) is 13.1. The third kappa shape index (κ3) is 3.29. The number of aryl methyl sites for hydroxylation is 2. The Bertz CT molecular complexity index is 1050. The van der Waals surface area contributed by atoms with Crippen LogP contribution in [0.5, 0.6) is 0 Å². The number of pyridine rings is 1. The molecule has 0 atom stereocenters. The molecule has 1 N–H and O–H groups in total. The average Bonchev–Trinajstić information content (AvgIpc) is 3.09. The predicted octanol–water partition coefficient (Wildman–Crippen LogP) is 2.88. The average molecular weight is 404 g/mol. The standard InChI is InChI=1S/C17H17F5N4O2/c1-10-13-14(27)25(12-7-5-6-11(24-10)26(12)13)9-4-2-3-8-23-15(28)16(18,19)17(20,21)22/h5-7H,2-4,8-9H2,1H3,(H,23,28). The molecule has 0 aliphatic rings. The summed E-state index contributed by atoms with van der Waals surface area (Å²) in [6.45, 7) is 1.79. The molecule has 6 nitrogen and oxygen atoms in total. The van der Waals surface area contributed by atoms with Crippen LogP contribution in [0, 0.1) is 6.92 Å².